The molecule has 0 aliphatic rings. The molecule has 2 N–H and O–H groups in total. The Morgan fingerprint density at radius 3 is 2.57 bits per heavy atom. The first-order valence-electron chi connectivity index (χ1n) is 7.67. The topological polar surface area (TPSA) is 58.2 Å². The molecule has 0 saturated heterocycles. The van der Waals surface area contributed by atoms with E-state index in [1.54, 1.807) is 11.4 Å². The molecule has 0 aromatic carbocycles. The van der Waals surface area contributed by atoms with Gasteiger partial charge in [0.2, 0.25) is 10.0 Å². The quantitative estimate of drug-likeness (QED) is 0.611. The van der Waals surface area contributed by atoms with Crippen molar-refractivity contribution in [3.8, 4) is 0 Å². The standard InChI is InChI=1S/C15H28N2O2S2/c1-13(2)8-6-4-5-7-9-17-21(18,19)15-10-14(11-16-3)20-12-15/h10,12-13,16-17H,4-9,11H2,1-3H3. The van der Waals surface area contributed by atoms with Crippen LogP contribution in [0.4, 0.5) is 0 Å². The van der Waals surface area contributed by atoms with E-state index in [4.69, 9.17) is 0 Å². The average molecular weight is 333 g/mol. The SMILES string of the molecule is CNCc1cc(S(=O)(=O)NCCCCCCC(C)C)cs1. The van der Waals surface area contributed by atoms with Crippen LogP contribution in [-0.4, -0.2) is 22.0 Å². The number of hydrogen-bond donors (Lipinski definition) is 2. The lowest BCUT2D eigenvalue weighted by Gasteiger charge is -2.06. The second-order valence-electron chi connectivity index (χ2n) is 5.77. The second-order valence-corrected chi connectivity index (χ2v) is 8.54. The minimum Gasteiger partial charge on any atom is -0.315 e. The summed E-state index contributed by atoms with van der Waals surface area (Å²) in [7, 11) is -1.48. The molecule has 122 valence electrons. The van der Waals surface area contributed by atoms with Crippen molar-refractivity contribution >= 4 is 21.4 Å². The minimum atomic E-state index is -3.33. The lowest BCUT2D eigenvalue weighted by Crippen LogP contribution is -2.24. The van der Waals surface area contributed by atoms with Crippen LogP contribution >= 0.6 is 11.3 Å². The molecule has 0 bridgehead atoms. The van der Waals surface area contributed by atoms with E-state index in [0.717, 1.165) is 23.6 Å². The highest BCUT2D eigenvalue weighted by molar-refractivity contribution is 7.89. The molecule has 1 aromatic heterocycles. The van der Waals surface area contributed by atoms with Gasteiger partial charge in [0, 0.05) is 23.3 Å². The van der Waals surface area contributed by atoms with Crippen molar-refractivity contribution in [2.45, 2.75) is 57.4 Å². The van der Waals surface area contributed by atoms with Crippen LogP contribution < -0.4 is 10.0 Å². The zero-order valence-electron chi connectivity index (χ0n) is 13.3. The fourth-order valence-electron chi connectivity index (χ4n) is 2.09. The predicted molar refractivity (Wildman–Crippen MR) is 90.2 cm³/mol. The Bertz CT molecular complexity index is 496. The lowest BCUT2D eigenvalue weighted by atomic mass is 10.0. The number of nitrogens with one attached hydrogen (secondary N) is 2. The Balaban J connectivity index is 2.26. The van der Waals surface area contributed by atoms with Gasteiger partial charge in [-0.05, 0) is 25.5 Å². The highest BCUT2D eigenvalue weighted by Crippen LogP contribution is 2.19. The van der Waals surface area contributed by atoms with Gasteiger partial charge in [-0.3, -0.25) is 0 Å². The Labute approximate surface area is 133 Å². The van der Waals surface area contributed by atoms with Crippen LogP contribution in [0.1, 0.15) is 50.8 Å². The molecule has 0 unspecified atom stereocenters. The second kappa shape index (κ2) is 9.56. The molecule has 0 aliphatic carbocycles. The first-order chi connectivity index (χ1) is 9.95. The third kappa shape index (κ3) is 7.40. The third-order valence-electron chi connectivity index (χ3n) is 3.29. The summed E-state index contributed by atoms with van der Waals surface area (Å²) in [4.78, 5) is 1.42. The third-order valence-corrected chi connectivity index (χ3v) is 5.82. The van der Waals surface area contributed by atoms with E-state index < -0.39 is 10.0 Å². The van der Waals surface area contributed by atoms with Crippen molar-refractivity contribution in [1.29, 1.82) is 0 Å². The van der Waals surface area contributed by atoms with E-state index in [9.17, 15) is 8.42 Å². The number of hydrogen-bond acceptors (Lipinski definition) is 4. The monoisotopic (exact) mass is 332 g/mol. The molecule has 0 saturated carbocycles. The van der Waals surface area contributed by atoms with Crippen LogP contribution in [0.3, 0.4) is 0 Å². The van der Waals surface area contributed by atoms with Crippen molar-refractivity contribution in [2.75, 3.05) is 13.6 Å². The maximum atomic E-state index is 12.1. The summed E-state index contributed by atoms with van der Waals surface area (Å²) < 4.78 is 26.9. The van der Waals surface area contributed by atoms with Crippen LogP contribution in [0.5, 0.6) is 0 Å². The molecular formula is C15H28N2O2S2. The van der Waals surface area contributed by atoms with Gasteiger partial charge in [0.1, 0.15) is 0 Å². The van der Waals surface area contributed by atoms with Crippen LogP contribution in [0.25, 0.3) is 0 Å². The van der Waals surface area contributed by atoms with Crippen LogP contribution in [0, 0.1) is 5.92 Å². The van der Waals surface area contributed by atoms with Gasteiger partial charge >= 0.3 is 0 Å². The molecule has 1 aromatic rings. The Morgan fingerprint density at radius 2 is 1.90 bits per heavy atom. The fraction of sp³-hybridized carbons (Fsp3) is 0.733. The summed E-state index contributed by atoms with van der Waals surface area (Å²) in [6.45, 7) is 5.70. The minimum absolute atomic E-state index is 0.387. The molecule has 0 atom stereocenters. The highest BCUT2D eigenvalue weighted by Gasteiger charge is 2.15. The number of sulfonamides is 1. The van der Waals surface area contributed by atoms with Gasteiger partial charge in [-0.1, -0.05) is 39.5 Å². The summed E-state index contributed by atoms with van der Waals surface area (Å²) in [5.74, 6) is 0.758. The van der Waals surface area contributed by atoms with Gasteiger partial charge in [-0.25, -0.2) is 13.1 Å². The molecule has 0 fully saturated rings. The van der Waals surface area contributed by atoms with Gasteiger partial charge in [-0.15, -0.1) is 11.3 Å². The first kappa shape index (κ1) is 18.6. The Kier molecular flexibility index (Phi) is 8.48. The van der Waals surface area contributed by atoms with Crippen molar-refractivity contribution in [3.63, 3.8) is 0 Å². The van der Waals surface area contributed by atoms with Gasteiger partial charge in [0.15, 0.2) is 0 Å². The summed E-state index contributed by atoms with van der Waals surface area (Å²) in [5, 5.41) is 4.73. The average Bonchev–Trinajstić information content (AvgIpc) is 2.87. The largest absolute Gasteiger partial charge is 0.315 e. The molecule has 1 heterocycles. The van der Waals surface area contributed by atoms with Crippen LogP contribution in [0.2, 0.25) is 0 Å². The van der Waals surface area contributed by atoms with Crippen molar-refractivity contribution in [2.24, 2.45) is 5.92 Å². The summed E-state index contributed by atoms with van der Waals surface area (Å²) in [6, 6.07) is 1.74. The molecule has 1 rings (SSSR count). The van der Waals surface area contributed by atoms with E-state index in [1.165, 1.54) is 30.6 Å². The van der Waals surface area contributed by atoms with E-state index in [-0.39, 0.29) is 0 Å². The smallest absolute Gasteiger partial charge is 0.241 e. The molecule has 0 spiro atoms. The molecule has 21 heavy (non-hydrogen) atoms. The Morgan fingerprint density at radius 1 is 1.19 bits per heavy atom. The van der Waals surface area contributed by atoms with E-state index in [2.05, 4.69) is 23.9 Å². The van der Waals surface area contributed by atoms with E-state index in [1.807, 2.05) is 7.05 Å². The van der Waals surface area contributed by atoms with Crippen LogP contribution in [0.15, 0.2) is 16.3 Å². The van der Waals surface area contributed by atoms with Crippen molar-refractivity contribution < 1.29 is 8.42 Å². The van der Waals surface area contributed by atoms with Gasteiger partial charge < -0.3 is 5.32 Å². The molecule has 0 amide bonds. The van der Waals surface area contributed by atoms with Gasteiger partial charge in [0.25, 0.3) is 0 Å². The summed E-state index contributed by atoms with van der Waals surface area (Å²) in [6.07, 6.45) is 5.68. The molecule has 0 radical (unpaired) electrons. The normalized spacial score (nSPS) is 12.2. The molecule has 6 heteroatoms. The summed E-state index contributed by atoms with van der Waals surface area (Å²) in [5.41, 5.74) is 0. The molecular weight excluding hydrogens is 304 g/mol. The zero-order valence-corrected chi connectivity index (χ0v) is 14.9. The zero-order chi connectivity index (χ0) is 15.7. The predicted octanol–water partition coefficient (Wildman–Crippen LogP) is 3.35. The fourth-order valence-corrected chi connectivity index (χ4v) is 4.45. The maximum Gasteiger partial charge on any atom is 0.241 e. The van der Waals surface area contributed by atoms with E-state index >= 15 is 0 Å². The van der Waals surface area contributed by atoms with Gasteiger partial charge in [-0.2, -0.15) is 0 Å². The number of unbranched alkanes of at least 4 members (excludes halogenated alkanes) is 3. The maximum absolute atomic E-state index is 12.1. The highest BCUT2D eigenvalue weighted by atomic mass is 32.2. The Hall–Kier alpha value is -0.430. The first-order valence-corrected chi connectivity index (χ1v) is 10.0. The van der Waals surface area contributed by atoms with Gasteiger partial charge in [0.05, 0.1) is 4.90 Å². The number of thiophene rings is 1. The molecule has 4 nitrogen and oxygen atoms in total. The molecule has 0 aliphatic heterocycles. The summed E-state index contributed by atoms with van der Waals surface area (Å²) >= 11 is 1.47. The van der Waals surface area contributed by atoms with Crippen molar-refractivity contribution in [3.05, 3.63) is 16.3 Å². The van der Waals surface area contributed by atoms with E-state index in [0.29, 0.717) is 18.0 Å². The van der Waals surface area contributed by atoms with Crippen molar-refractivity contribution in [1.82, 2.24) is 10.0 Å². The number of rotatable bonds is 11. The lowest BCUT2D eigenvalue weighted by molar-refractivity contribution is 0.517. The van der Waals surface area contributed by atoms with Crippen LogP contribution in [-0.2, 0) is 16.6 Å².